The Morgan fingerprint density at radius 2 is 1.73 bits per heavy atom. The number of nitrogens with one attached hydrogen (secondary N) is 3. The summed E-state index contributed by atoms with van der Waals surface area (Å²) in [5, 5.41) is 8.61. The highest BCUT2D eigenvalue weighted by atomic mass is 32.1. The molecule has 3 N–H and O–H groups in total. The minimum Gasteiger partial charge on any atom is -0.359 e. The second-order valence-electron chi connectivity index (χ2n) is 5.24. The van der Waals surface area contributed by atoms with Crippen LogP contribution in [0.15, 0.2) is 61.2 Å². The quantitative estimate of drug-likeness (QED) is 0.531. The van der Waals surface area contributed by atoms with E-state index in [1.165, 1.54) is 12.1 Å². The predicted octanol–water partition coefficient (Wildman–Crippen LogP) is 4.43. The molecule has 0 aliphatic heterocycles. The van der Waals surface area contributed by atoms with Gasteiger partial charge in [-0.2, -0.15) is 13.2 Å². The van der Waals surface area contributed by atoms with Gasteiger partial charge in [0.2, 0.25) is 0 Å². The lowest BCUT2D eigenvalue weighted by Crippen LogP contribution is -2.28. The molecule has 0 aromatic heterocycles. The second kappa shape index (κ2) is 8.48. The second-order valence-corrected chi connectivity index (χ2v) is 5.65. The van der Waals surface area contributed by atoms with Crippen molar-refractivity contribution in [1.29, 1.82) is 0 Å². The van der Waals surface area contributed by atoms with Crippen molar-refractivity contribution in [2.75, 3.05) is 17.2 Å². The standard InChI is InChI=1S/C18H16F3N3OS/c1-2-9-22-17(26)24-14-7-3-5-12(10-14)16(25)23-15-8-4-6-13(11-15)18(19,20)21/h2-8,10-11H,1,9H2,(H,23,25)(H2,22,24,26). The van der Waals surface area contributed by atoms with E-state index >= 15 is 0 Å². The molecule has 0 atom stereocenters. The molecule has 0 saturated heterocycles. The Labute approximate surface area is 154 Å². The average molecular weight is 379 g/mol. The van der Waals surface area contributed by atoms with Crippen molar-refractivity contribution < 1.29 is 18.0 Å². The van der Waals surface area contributed by atoms with Crippen LogP contribution < -0.4 is 16.0 Å². The zero-order chi connectivity index (χ0) is 19.2. The number of thiocarbonyl (C=S) groups is 1. The van der Waals surface area contributed by atoms with Crippen molar-refractivity contribution in [2.45, 2.75) is 6.18 Å². The maximum atomic E-state index is 12.7. The zero-order valence-electron chi connectivity index (χ0n) is 13.6. The third kappa shape index (κ3) is 5.59. The van der Waals surface area contributed by atoms with Gasteiger partial charge >= 0.3 is 6.18 Å². The third-order valence-corrected chi connectivity index (χ3v) is 3.48. The maximum absolute atomic E-state index is 12.7. The molecule has 2 rings (SSSR count). The number of hydrogen-bond donors (Lipinski definition) is 3. The highest BCUT2D eigenvalue weighted by Crippen LogP contribution is 2.30. The summed E-state index contributed by atoms with van der Waals surface area (Å²) < 4.78 is 38.2. The lowest BCUT2D eigenvalue weighted by atomic mass is 10.1. The van der Waals surface area contributed by atoms with Gasteiger partial charge in [-0.1, -0.05) is 18.2 Å². The van der Waals surface area contributed by atoms with Gasteiger partial charge in [0.25, 0.3) is 5.91 Å². The molecule has 0 unspecified atom stereocenters. The fourth-order valence-corrected chi connectivity index (χ4v) is 2.26. The van der Waals surface area contributed by atoms with Gasteiger partial charge in [0.1, 0.15) is 0 Å². The molecule has 136 valence electrons. The Bertz CT molecular complexity index is 821. The molecule has 4 nitrogen and oxygen atoms in total. The number of carbonyl (C=O) groups excluding carboxylic acids is 1. The first kappa shape index (κ1) is 19.5. The van der Waals surface area contributed by atoms with E-state index in [1.807, 2.05) is 0 Å². The number of amides is 1. The van der Waals surface area contributed by atoms with Gasteiger partial charge < -0.3 is 16.0 Å². The monoisotopic (exact) mass is 379 g/mol. The largest absolute Gasteiger partial charge is 0.416 e. The molecule has 0 heterocycles. The van der Waals surface area contributed by atoms with Crippen molar-refractivity contribution in [3.63, 3.8) is 0 Å². The number of carbonyl (C=O) groups is 1. The van der Waals surface area contributed by atoms with E-state index in [9.17, 15) is 18.0 Å². The first-order valence-electron chi connectivity index (χ1n) is 7.54. The van der Waals surface area contributed by atoms with Gasteiger partial charge in [0, 0.05) is 23.5 Å². The van der Waals surface area contributed by atoms with Gasteiger partial charge in [-0.05, 0) is 48.6 Å². The minimum atomic E-state index is -4.47. The van der Waals surface area contributed by atoms with Crippen LogP contribution in [-0.4, -0.2) is 17.6 Å². The molecular formula is C18H16F3N3OS. The Balaban J connectivity index is 2.09. The molecule has 0 bridgehead atoms. The minimum absolute atomic E-state index is 0.0614. The zero-order valence-corrected chi connectivity index (χ0v) is 14.4. The van der Waals surface area contributed by atoms with Gasteiger partial charge in [-0.3, -0.25) is 4.79 Å². The summed E-state index contributed by atoms with van der Waals surface area (Å²) in [5.74, 6) is -0.530. The summed E-state index contributed by atoms with van der Waals surface area (Å²) >= 11 is 5.09. The van der Waals surface area contributed by atoms with E-state index in [0.717, 1.165) is 12.1 Å². The molecule has 2 aromatic rings. The summed E-state index contributed by atoms with van der Waals surface area (Å²) in [4.78, 5) is 12.3. The molecule has 2 aromatic carbocycles. The Hall–Kier alpha value is -2.87. The Morgan fingerprint density at radius 3 is 2.38 bits per heavy atom. The molecule has 8 heteroatoms. The summed E-state index contributed by atoms with van der Waals surface area (Å²) in [7, 11) is 0. The lowest BCUT2D eigenvalue weighted by molar-refractivity contribution is -0.137. The molecular weight excluding hydrogens is 363 g/mol. The van der Waals surface area contributed by atoms with Crippen LogP contribution in [0, 0.1) is 0 Å². The highest BCUT2D eigenvalue weighted by Gasteiger charge is 2.30. The van der Waals surface area contributed by atoms with Gasteiger partial charge in [0.15, 0.2) is 5.11 Å². The van der Waals surface area contributed by atoms with Crippen LogP contribution in [0.4, 0.5) is 24.5 Å². The summed E-state index contributed by atoms with van der Waals surface area (Å²) in [6.07, 6.45) is -2.83. The Morgan fingerprint density at radius 1 is 1.08 bits per heavy atom. The third-order valence-electron chi connectivity index (χ3n) is 3.24. The van der Waals surface area contributed by atoms with Crippen molar-refractivity contribution in [2.24, 2.45) is 0 Å². The molecule has 0 aliphatic rings. The van der Waals surface area contributed by atoms with E-state index in [4.69, 9.17) is 12.2 Å². The first-order chi connectivity index (χ1) is 12.3. The van der Waals surface area contributed by atoms with E-state index in [-0.39, 0.29) is 11.3 Å². The van der Waals surface area contributed by atoms with Crippen molar-refractivity contribution in [3.8, 4) is 0 Å². The number of hydrogen-bond acceptors (Lipinski definition) is 2. The maximum Gasteiger partial charge on any atom is 0.416 e. The molecule has 0 radical (unpaired) electrons. The average Bonchev–Trinajstić information content (AvgIpc) is 2.59. The lowest BCUT2D eigenvalue weighted by Gasteiger charge is -2.12. The molecule has 0 aliphatic carbocycles. The van der Waals surface area contributed by atoms with Gasteiger partial charge in [0.05, 0.1) is 5.56 Å². The SMILES string of the molecule is C=CCNC(=S)Nc1cccc(C(=O)Nc2cccc(C(F)(F)F)c2)c1. The van der Waals surface area contributed by atoms with Crippen LogP contribution in [0.5, 0.6) is 0 Å². The van der Waals surface area contributed by atoms with Crippen LogP contribution >= 0.6 is 12.2 Å². The van der Waals surface area contributed by atoms with Crippen molar-refractivity contribution >= 4 is 34.6 Å². The Kier molecular flexibility index (Phi) is 6.35. The van der Waals surface area contributed by atoms with Crippen LogP contribution in [0.25, 0.3) is 0 Å². The van der Waals surface area contributed by atoms with E-state index in [0.29, 0.717) is 17.3 Å². The number of halogens is 3. The molecule has 26 heavy (non-hydrogen) atoms. The number of benzene rings is 2. The van der Waals surface area contributed by atoms with Gasteiger partial charge in [-0.25, -0.2) is 0 Å². The molecule has 0 fully saturated rings. The highest BCUT2D eigenvalue weighted by molar-refractivity contribution is 7.80. The van der Waals surface area contributed by atoms with E-state index in [1.54, 1.807) is 30.3 Å². The molecule has 0 spiro atoms. The summed E-state index contributed by atoms with van der Waals surface area (Å²) in [6, 6.07) is 10.9. The topological polar surface area (TPSA) is 53.2 Å². The normalized spacial score (nSPS) is 10.7. The fourth-order valence-electron chi connectivity index (χ4n) is 2.05. The van der Waals surface area contributed by atoms with Crippen LogP contribution in [-0.2, 0) is 6.18 Å². The summed E-state index contributed by atoms with van der Waals surface area (Å²) in [5.41, 5.74) is 0.0814. The van der Waals surface area contributed by atoms with Crippen LogP contribution in [0.2, 0.25) is 0 Å². The number of alkyl halides is 3. The van der Waals surface area contributed by atoms with Gasteiger partial charge in [-0.15, -0.1) is 6.58 Å². The smallest absolute Gasteiger partial charge is 0.359 e. The van der Waals surface area contributed by atoms with Crippen LogP contribution in [0.3, 0.4) is 0 Å². The number of rotatable bonds is 5. The molecule has 0 saturated carbocycles. The van der Waals surface area contributed by atoms with Crippen molar-refractivity contribution in [3.05, 3.63) is 72.3 Å². The molecule has 1 amide bonds. The number of anilines is 2. The van der Waals surface area contributed by atoms with Crippen molar-refractivity contribution in [1.82, 2.24) is 5.32 Å². The summed E-state index contributed by atoms with van der Waals surface area (Å²) in [6.45, 7) is 4.05. The predicted molar refractivity (Wildman–Crippen MR) is 100 cm³/mol. The first-order valence-corrected chi connectivity index (χ1v) is 7.95. The fraction of sp³-hybridized carbons (Fsp3) is 0.111. The van der Waals surface area contributed by atoms with E-state index < -0.39 is 17.6 Å². The van der Waals surface area contributed by atoms with E-state index in [2.05, 4.69) is 22.5 Å². The van der Waals surface area contributed by atoms with Crippen LogP contribution in [0.1, 0.15) is 15.9 Å².